The third-order valence-corrected chi connectivity index (χ3v) is 7.37. The number of sulfonamides is 1. The van der Waals surface area contributed by atoms with Crippen molar-refractivity contribution in [2.45, 2.75) is 38.5 Å². The van der Waals surface area contributed by atoms with Gasteiger partial charge in [-0.3, -0.25) is 9.69 Å². The van der Waals surface area contributed by atoms with E-state index in [-0.39, 0.29) is 16.0 Å². The van der Waals surface area contributed by atoms with Crippen LogP contribution in [0.15, 0.2) is 56.7 Å². The molecule has 176 valence electrons. The molecule has 0 N–H and O–H groups in total. The molecule has 33 heavy (non-hydrogen) atoms. The van der Waals surface area contributed by atoms with Crippen LogP contribution in [0.1, 0.15) is 37.8 Å². The van der Waals surface area contributed by atoms with Gasteiger partial charge in [0.1, 0.15) is 0 Å². The second kappa shape index (κ2) is 10.9. The van der Waals surface area contributed by atoms with Crippen LogP contribution in [0, 0.1) is 6.92 Å². The van der Waals surface area contributed by atoms with E-state index < -0.39 is 10.0 Å². The first-order chi connectivity index (χ1) is 15.8. The molecule has 3 rings (SSSR count). The molecule has 0 bridgehead atoms. The van der Waals surface area contributed by atoms with Gasteiger partial charge in [-0.15, -0.1) is 4.40 Å². The molecule has 2 aromatic carbocycles. The number of amidine groups is 1. The molecule has 1 aliphatic heterocycles. The number of rotatable bonds is 9. The summed E-state index contributed by atoms with van der Waals surface area (Å²) in [6.07, 6.45) is 3.68. The van der Waals surface area contributed by atoms with Crippen molar-refractivity contribution in [3.63, 3.8) is 0 Å². The zero-order valence-electron chi connectivity index (χ0n) is 19.2. The van der Waals surface area contributed by atoms with Crippen molar-refractivity contribution in [3.8, 4) is 11.5 Å². The number of aryl methyl sites for hydroxylation is 1. The van der Waals surface area contributed by atoms with Gasteiger partial charge in [0.15, 0.2) is 16.7 Å². The van der Waals surface area contributed by atoms with Crippen LogP contribution in [0.25, 0.3) is 6.08 Å². The molecule has 0 atom stereocenters. The maximum atomic E-state index is 12.9. The van der Waals surface area contributed by atoms with Crippen molar-refractivity contribution in [2.75, 3.05) is 20.3 Å². The van der Waals surface area contributed by atoms with E-state index in [2.05, 4.69) is 11.3 Å². The second-order valence-electron chi connectivity index (χ2n) is 7.43. The summed E-state index contributed by atoms with van der Waals surface area (Å²) in [6, 6.07) is 11.9. The van der Waals surface area contributed by atoms with Crippen LogP contribution in [-0.2, 0) is 14.8 Å². The van der Waals surface area contributed by atoms with Gasteiger partial charge in [-0.05, 0) is 67.9 Å². The number of carbonyl (C=O) groups is 1. The first-order valence-electron chi connectivity index (χ1n) is 10.7. The van der Waals surface area contributed by atoms with Crippen LogP contribution >= 0.6 is 11.8 Å². The molecule has 7 nitrogen and oxygen atoms in total. The second-order valence-corrected chi connectivity index (χ2v) is 10.0. The Balaban J connectivity index is 1.89. The topological polar surface area (TPSA) is 85.3 Å². The molecule has 0 aliphatic carbocycles. The fraction of sp³-hybridized carbons (Fsp3) is 0.333. The van der Waals surface area contributed by atoms with E-state index in [0.717, 1.165) is 35.7 Å². The monoisotopic (exact) mass is 488 g/mol. The normalized spacial score (nSPS) is 16.6. The highest BCUT2D eigenvalue weighted by molar-refractivity contribution is 8.19. The fourth-order valence-electron chi connectivity index (χ4n) is 3.09. The van der Waals surface area contributed by atoms with E-state index in [1.165, 1.54) is 17.0 Å². The van der Waals surface area contributed by atoms with Crippen molar-refractivity contribution < 1.29 is 22.7 Å². The van der Waals surface area contributed by atoms with Crippen molar-refractivity contribution in [3.05, 3.63) is 58.5 Å². The molecule has 0 aromatic heterocycles. The summed E-state index contributed by atoms with van der Waals surface area (Å²) in [5.74, 6) is 0.918. The van der Waals surface area contributed by atoms with E-state index in [1.54, 1.807) is 44.4 Å². The van der Waals surface area contributed by atoms with Gasteiger partial charge < -0.3 is 9.47 Å². The van der Waals surface area contributed by atoms with Gasteiger partial charge in [-0.1, -0.05) is 37.1 Å². The molecule has 2 aromatic rings. The highest BCUT2D eigenvalue weighted by Crippen LogP contribution is 2.35. The smallest absolute Gasteiger partial charge is 0.284 e. The zero-order chi connectivity index (χ0) is 24.0. The van der Waals surface area contributed by atoms with Crippen LogP contribution in [-0.4, -0.2) is 44.7 Å². The van der Waals surface area contributed by atoms with Crippen LogP contribution < -0.4 is 9.47 Å². The van der Waals surface area contributed by atoms with Gasteiger partial charge >= 0.3 is 0 Å². The molecule has 1 heterocycles. The average molecular weight is 489 g/mol. The largest absolute Gasteiger partial charge is 0.493 e. The lowest BCUT2D eigenvalue weighted by atomic mass is 10.2. The fourth-order valence-corrected chi connectivity index (χ4v) is 5.34. The Morgan fingerprint density at radius 1 is 1.09 bits per heavy atom. The van der Waals surface area contributed by atoms with E-state index in [9.17, 15) is 13.2 Å². The summed E-state index contributed by atoms with van der Waals surface area (Å²) in [4.78, 5) is 14.8. The lowest BCUT2D eigenvalue weighted by molar-refractivity contribution is -0.122. The van der Waals surface area contributed by atoms with Gasteiger partial charge in [0.2, 0.25) is 0 Å². The minimum atomic E-state index is -3.94. The number of methoxy groups -OCH3 is 1. The number of benzene rings is 2. The Morgan fingerprint density at radius 2 is 1.82 bits per heavy atom. The number of amides is 1. The van der Waals surface area contributed by atoms with Gasteiger partial charge in [0.05, 0.1) is 23.5 Å². The number of hydrogen-bond acceptors (Lipinski definition) is 6. The Labute approximate surface area is 199 Å². The van der Waals surface area contributed by atoms with Gasteiger partial charge in [0, 0.05) is 6.54 Å². The maximum absolute atomic E-state index is 12.9. The molecule has 0 saturated carbocycles. The molecular formula is C24H28N2O5S2. The first kappa shape index (κ1) is 24.9. The van der Waals surface area contributed by atoms with Crippen LogP contribution in [0.2, 0.25) is 0 Å². The molecule has 1 amide bonds. The first-order valence-corrected chi connectivity index (χ1v) is 13.0. The molecule has 0 radical (unpaired) electrons. The highest BCUT2D eigenvalue weighted by Gasteiger charge is 2.34. The molecule has 1 fully saturated rings. The van der Waals surface area contributed by atoms with Gasteiger partial charge in [-0.2, -0.15) is 8.42 Å². The van der Waals surface area contributed by atoms with Crippen molar-refractivity contribution in [2.24, 2.45) is 4.40 Å². The van der Waals surface area contributed by atoms with E-state index in [0.29, 0.717) is 29.6 Å². The Hall–Kier alpha value is -2.78. The van der Waals surface area contributed by atoms with E-state index in [1.807, 2.05) is 13.0 Å². The van der Waals surface area contributed by atoms with Crippen molar-refractivity contribution in [1.82, 2.24) is 4.90 Å². The predicted octanol–water partition coefficient (Wildman–Crippen LogP) is 4.86. The summed E-state index contributed by atoms with van der Waals surface area (Å²) in [7, 11) is -2.38. The van der Waals surface area contributed by atoms with Gasteiger partial charge in [-0.25, -0.2) is 0 Å². The number of hydrogen-bond donors (Lipinski definition) is 0. The number of carbonyl (C=O) groups excluding carboxylic acids is 1. The zero-order valence-corrected chi connectivity index (χ0v) is 20.8. The third kappa shape index (κ3) is 5.97. The number of nitrogens with zero attached hydrogens (tertiary/aromatic N) is 2. The van der Waals surface area contributed by atoms with E-state index in [4.69, 9.17) is 9.47 Å². The van der Waals surface area contributed by atoms with Crippen LogP contribution in [0.3, 0.4) is 0 Å². The van der Waals surface area contributed by atoms with E-state index >= 15 is 0 Å². The number of thioether (sulfide) groups is 1. The standard InChI is InChI=1S/C24H28N2O5S2/c1-5-7-14-31-20-13-10-18(15-21(20)30-4)16-22-23(27)26(6-2)24(32-22)25-33(28,29)19-11-8-17(3)9-12-19/h8-13,15-16H,5-7,14H2,1-4H3. The molecule has 0 unspecified atom stereocenters. The maximum Gasteiger partial charge on any atom is 0.284 e. The highest BCUT2D eigenvalue weighted by atomic mass is 32.2. The SMILES string of the molecule is CCCCOc1ccc(C=C2SC(=NS(=O)(=O)c3ccc(C)cc3)N(CC)C2=O)cc1OC. The molecule has 1 aliphatic rings. The van der Waals surface area contributed by atoms with Crippen molar-refractivity contribution in [1.29, 1.82) is 0 Å². The summed E-state index contributed by atoms with van der Waals surface area (Å²) < 4.78 is 40.7. The Kier molecular flexibility index (Phi) is 8.20. The van der Waals surface area contributed by atoms with Crippen LogP contribution in [0.5, 0.6) is 11.5 Å². The Bertz CT molecular complexity index is 1170. The van der Waals surface area contributed by atoms with Crippen molar-refractivity contribution >= 4 is 38.9 Å². The molecule has 0 spiro atoms. The number of ether oxygens (including phenoxy) is 2. The minimum absolute atomic E-state index is 0.0885. The number of unbranched alkanes of at least 4 members (excludes halogenated alkanes) is 1. The Morgan fingerprint density at radius 3 is 2.45 bits per heavy atom. The summed E-state index contributed by atoms with van der Waals surface area (Å²) in [5.41, 5.74) is 1.69. The van der Waals surface area contributed by atoms with Gasteiger partial charge in [0.25, 0.3) is 15.9 Å². The summed E-state index contributed by atoms with van der Waals surface area (Å²) in [6.45, 7) is 6.65. The molecule has 9 heteroatoms. The lowest BCUT2D eigenvalue weighted by Crippen LogP contribution is -2.29. The number of likely N-dealkylation sites (N-methyl/N-ethyl adjacent to an activating group) is 1. The van der Waals surface area contributed by atoms with Crippen LogP contribution in [0.4, 0.5) is 0 Å². The molecule has 1 saturated heterocycles. The minimum Gasteiger partial charge on any atom is -0.493 e. The quantitative estimate of drug-likeness (QED) is 0.370. The summed E-state index contributed by atoms with van der Waals surface area (Å²) >= 11 is 1.04. The molecular weight excluding hydrogens is 460 g/mol. The predicted molar refractivity (Wildman–Crippen MR) is 132 cm³/mol. The lowest BCUT2D eigenvalue weighted by Gasteiger charge is -2.12. The third-order valence-electron chi connectivity index (χ3n) is 4.96. The average Bonchev–Trinajstić information content (AvgIpc) is 3.08. The summed E-state index contributed by atoms with van der Waals surface area (Å²) in [5, 5.41) is 0.140.